The molecule has 5 heteroatoms. The molecule has 0 spiro atoms. The van der Waals surface area contributed by atoms with Crippen molar-refractivity contribution in [2.75, 3.05) is 10.6 Å². The number of phenolic OH excluding ortho intramolecular Hbond substituents is 1. The molecule has 2 aromatic carbocycles. The van der Waals surface area contributed by atoms with E-state index in [0.717, 1.165) is 11.3 Å². The maximum Gasteiger partial charge on any atom is 0.257 e. The Bertz CT molecular complexity index is 726. The molecule has 0 radical (unpaired) electrons. The first-order valence-corrected chi connectivity index (χ1v) is 6.38. The number of carbonyl (C=O) groups excluding carboxylic acids is 1. The number of halogens is 1. The molecule has 2 aromatic rings. The molecule has 0 aromatic heterocycles. The molecule has 0 bridgehead atoms. The summed E-state index contributed by atoms with van der Waals surface area (Å²) in [6.45, 7) is 0. The van der Waals surface area contributed by atoms with Gasteiger partial charge in [-0.25, -0.2) is 0 Å². The number of fused-ring (bicyclic) bond motifs is 1. The van der Waals surface area contributed by atoms with Crippen LogP contribution in [0.15, 0.2) is 48.7 Å². The first-order valence-electron chi connectivity index (χ1n) is 6.00. The summed E-state index contributed by atoms with van der Waals surface area (Å²) in [7, 11) is 0. The zero-order chi connectivity index (χ0) is 14.1. The number of rotatable bonds is 2. The topological polar surface area (TPSA) is 61.4 Å². The summed E-state index contributed by atoms with van der Waals surface area (Å²) in [5, 5.41) is 15.7. The number of carbonyl (C=O) groups is 1. The van der Waals surface area contributed by atoms with Gasteiger partial charge >= 0.3 is 0 Å². The normalized spacial score (nSPS) is 15.1. The lowest BCUT2D eigenvalue weighted by Gasteiger charge is -2.03. The van der Waals surface area contributed by atoms with Crippen LogP contribution in [0.1, 0.15) is 5.56 Å². The Kier molecular flexibility index (Phi) is 3.08. The third-order valence-electron chi connectivity index (χ3n) is 2.99. The van der Waals surface area contributed by atoms with Crippen LogP contribution in [0, 0.1) is 0 Å². The van der Waals surface area contributed by atoms with Crippen LogP contribution >= 0.6 is 11.6 Å². The van der Waals surface area contributed by atoms with Gasteiger partial charge in [-0.05, 0) is 30.3 Å². The van der Waals surface area contributed by atoms with Gasteiger partial charge in [-0.1, -0.05) is 17.7 Å². The van der Waals surface area contributed by atoms with E-state index in [1.807, 2.05) is 0 Å². The lowest BCUT2D eigenvalue weighted by molar-refractivity contribution is -0.110. The molecular weight excluding hydrogens is 276 g/mol. The Labute approximate surface area is 120 Å². The van der Waals surface area contributed by atoms with Crippen molar-refractivity contribution in [1.82, 2.24) is 0 Å². The Balaban J connectivity index is 1.93. The zero-order valence-electron chi connectivity index (χ0n) is 10.4. The number of nitrogens with one attached hydrogen (secondary N) is 2. The summed E-state index contributed by atoms with van der Waals surface area (Å²) in [4.78, 5) is 11.9. The van der Waals surface area contributed by atoms with Gasteiger partial charge in [0.25, 0.3) is 5.91 Å². The van der Waals surface area contributed by atoms with Gasteiger partial charge in [-0.3, -0.25) is 4.79 Å². The molecule has 3 rings (SSSR count). The highest BCUT2D eigenvalue weighted by atomic mass is 35.5. The lowest BCUT2D eigenvalue weighted by Crippen LogP contribution is -2.05. The molecule has 4 nitrogen and oxygen atoms in total. The van der Waals surface area contributed by atoms with Crippen molar-refractivity contribution >= 4 is 34.5 Å². The van der Waals surface area contributed by atoms with E-state index in [2.05, 4.69) is 10.6 Å². The van der Waals surface area contributed by atoms with Crippen LogP contribution in [0.2, 0.25) is 5.02 Å². The average Bonchev–Trinajstić information content (AvgIpc) is 2.72. The average molecular weight is 287 g/mol. The number of aromatic hydroxyl groups is 1. The van der Waals surface area contributed by atoms with E-state index in [1.54, 1.807) is 48.7 Å². The van der Waals surface area contributed by atoms with Gasteiger partial charge < -0.3 is 15.7 Å². The second-order valence-electron chi connectivity index (χ2n) is 4.40. The minimum Gasteiger partial charge on any atom is -0.508 e. The summed E-state index contributed by atoms with van der Waals surface area (Å²) in [5.41, 5.74) is 2.70. The first kappa shape index (κ1) is 12.6. The van der Waals surface area contributed by atoms with E-state index in [-0.39, 0.29) is 11.7 Å². The number of anilines is 2. The molecule has 0 atom stereocenters. The molecular formula is C15H11ClN2O2. The fourth-order valence-electron chi connectivity index (χ4n) is 2.05. The molecule has 0 saturated carbocycles. The second kappa shape index (κ2) is 4.90. The van der Waals surface area contributed by atoms with Gasteiger partial charge in [0.2, 0.25) is 0 Å². The monoisotopic (exact) mass is 286 g/mol. The van der Waals surface area contributed by atoms with Gasteiger partial charge in [0.05, 0.1) is 5.57 Å². The molecule has 100 valence electrons. The van der Waals surface area contributed by atoms with Crippen LogP contribution in [-0.4, -0.2) is 11.0 Å². The molecule has 1 aliphatic rings. The maximum absolute atomic E-state index is 11.9. The lowest BCUT2D eigenvalue weighted by atomic mass is 10.1. The van der Waals surface area contributed by atoms with Crippen molar-refractivity contribution in [3.05, 3.63) is 59.3 Å². The van der Waals surface area contributed by atoms with Crippen molar-refractivity contribution in [2.24, 2.45) is 0 Å². The smallest absolute Gasteiger partial charge is 0.257 e. The van der Waals surface area contributed by atoms with Gasteiger partial charge in [-0.15, -0.1) is 0 Å². The van der Waals surface area contributed by atoms with Crippen molar-refractivity contribution in [2.45, 2.75) is 0 Å². The van der Waals surface area contributed by atoms with E-state index in [1.165, 1.54) is 0 Å². The van der Waals surface area contributed by atoms with E-state index < -0.39 is 0 Å². The summed E-state index contributed by atoms with van der Waals surface area (Å²) >= 11 is 5.95. The fraction of sp³-hybridized carbons (Fsp3) is 0. The Morgan fingerprint density at radius 1 is 1.20 bits per heavy atom. The van der Waals surface area contributed by atoms with E-state index in [4.69, 9.17) is 11.6 Å². The van der Waals surface area contributed by atoms with E-state index in [0.29, 0.717) is 16.3 Å². The number of phenols is 1. The number of hydrogen-bond acceptors (Lipinski definition) is 3. The molecule has 20 heavy (non-hydrogen) atoms. The summed E-state index contributed by atoms with van der Waals surface area (Å²) in [6, 6.07) is 11.9. The van der Waals surface area contributed by atoms with E-state index >= 15 is 0 Å². The molecule has 0 fully saturated rings. The number of hydrogen-bond donors (Lipinski definition) is 3. The highest BCUT2D eigenvalue weighted by Crippen LogP contribution is 2.33. The van der Waals surface area contributed by atoms with Crippen LogP contribution in [0.3, 0.4) is 0 Å². The summed E-state index contributed by atoms with van der Waals surface area (Å²) in [5.74, 6) is -0.0253. The van der Waals surface area contributed by atoms with Crippen LogP contribution in [0.5, 0.6) is 5.75 Å². The quantitative estimate of drug-likeness (QED) is 0.741. The van der Waals surface area contributed by atoms with Gasteiger partial charge in [0.1, 0.15) is 5.75 Å². The molecule has 0 aliphatic carbocycles. The molecule has 3 N–H and O–H groups in total. The highest BCUT2D eigenvalue weighted by Gasteiger charge is 2.24. The minimum atomic E-state index is -0.185. The molecule has 0 unspecified atom stereocenters. The number of benzene rings is 2. The third kappa shape index (κ3) is 2.33. The fourth-order valence-corrected chi connectivity index (χ4v) is 2.23. The standard InChI is InChI=1S/C15H11ClN2O2/c16-9-4-5-14-12(6-9)13(15(20)18-14)8-17-10-2-1-3-11(19)7-10/h1-8,17,19H,(H,18,20). The minimum absolute atomic E-state index is 0.160. The second-order valence-corrected chi connectivity index (χ2v) is 4.83. The van der Waals surface area contributed by atoms with Crippen LogP contribution in [0.25, 0.3) is 5.57 Å². The Hall–Kier alpha value is -2.46. The van der Waals surface area contributed by atoms with Crippen molar-refractivity contribution in [1.29, 1.82) is 0 Å². The molecule has 0 saturated heterocycles. The first-order chi connectivity index (χ1) is 9.63. The Morgan fingerprint density at radius 3 is 2.85 bits per heavy atom. The van der Waals surface area contributed by atoms with Crippen molar-refractivity contribution in [3.8, 4) is 5.75 Å². The van der Waals surface area contributed by atoms with Crippen LogP contribution < -0.4 is 10.6 Å². The van der Waals surface area contributed by atoms with Crippen molar-refractivity contribution < 1.29 is 9.90 Å². The Morgan fingerprint density at radius 2 is 2.05 bits per heavy atom. The maximum atomic E-state index is 11.9. The predicted molar refractivity (Wildman–Crippen MR) is 79.8 cm³/mol. The van der Waals surface area contributed by atoms with E-state index in [9.17, 15) is 9.90 Å². The highest BCUT2D eigenvalue weighted by molar-refractivity contribution is 6.34. The molecule has 1 aliphatic heterocycles. The SMILES string of the molecule is O=C1Nc2ccc(Cl)cc2C1=CNc1cccc(O)c1. The molecule has 1 amide bonds. The van der Waals surface area contributed by atoms with Crippen molar-refractivity contribution in [3.63, 3.8) is 0 Å². The predicted octanol–water partition coefficient (Wildman–Crippen LogP) is 3.45. The van der Waals surface area contributed by atoms with Gasteiger partial charge in [-0.2, -0.15) is 0 Å². The summed E-state index contributed by atoms with van der Waals surface area (Å²) in [6.07, 6.45) is 1.60. The van der Waals surface area contributed by atoms with Gasteiger partial charge in [0.15, 0.2) is 0 Å². The van der Waals surface area contributed by atoms with Gasteiger partial charge in [0, 0.05) is 34.2 Å². The van der Waals surface area contributed by atoms with Crippen LogP contribution in [-0.2, 0) is 4.79 Å². The third-order valence-corrected chi connectivity index (χ3v) is 3.23. The van der Waals surface area contributed by atoms with Crippen LogP contribution in [0.4, 0.5) is 11.4 Å². The molecule has 1 heterocycles. The zero-order valence-corrected chi connectivity index (χ0v) is 11.1. The number of amides is 1. The summed E-state index contributed by atoms with van der Waals surface area (Å²) < 4.78 is 0. The largest absolute Gasteiger partial charge is 0.508 e.